The maximum atomic E-state index is 12.5. The maximum Gasteiger partial charge on any atom is 0.261 e. The monoisotopic (exact) mass is 447 g/mol. The van der Waals surface area contributed by atoms with Crippen LogP contribution in [0.3, 0.4) is 0 Å². The Hall–Kier alpha value is -2.63. The van der Waals surface area contributed by atoms with Crippen LogP contribution in [0.2, 0.25) is 0 Å². The van der Waals surface area contributed by atoms with Crippen LogP contribution in [0.5, 0.6) is 0 Å². The fourth-order valence-electron chi connectivity index (χ4n) is 3.27. The van der Waals surface area contributed by atoms with Gasteiger partial charge < -0.3 is 5.32 Å². The Morgan fingerprint density at radius 2 is 2.07 bits per heavy atom. The number of carbonyl (C=O) groups is 1. The first-order chi connectivity index (χ1) is 14.3. The summed E-state index contributed by atoms with van der Waals surface area (Å²) in [6.45, 7) is 3.77. The first kappa shape index (κ1) is 20.6. The zero-order valence-electron chi connectivity index (χ0n) is 16.5. The van der Waals surface area contributed by atoms with Crippen LogP contribution in [-0.2, 0) is 34.3 Å². The smallest absolute Gasteiger partial charge is 0.261 e. The Labute approximate surface area is 177 Å². The van der Waals surface area contributed by atoms with Crippen LogP contribution in [0, 0.1) is 0 Å². The van der Waals surface area contributed by atoms with Gasteiger partial charge in [-0.3, -0.25) is 14.2 Å². The number of carbonyl (C=O) groups excluding carboxylic acids is 1. The number of fused-ring (bicyclic) bond motifs is 2. The molecule has 0 spiro atoms. The average molecular weight is 448 g/mol. The third-order valence-corrected chi connectivity index (χ3v) is 8.16. The van der Waals surface area contributed by atoms with Crippen molar-refractivity contribution >= 4 is 43.3 Å². The van der Waals surface area contributed by atoms with Crippen LogP contribution in [0.4, 0.5) is 5.13 Å². The fraction of sp³-hybridized carbons (Fsp3) is 0.368. The lowest BCUT2D eigenvalue weighted by Crippen LogP contribution is -2.39. The molecule has 0 bridgehead atoms. The molecule has 0 atom stereocenters. The molecule has 1 aliphatic rings. The van der Waals surface area contributed by atoms with Crippen molar-refractivity contribution < 1.29 is 13.2 Å². The summed E-state index contributed by atoms with van der Waals surface area (Å²) in [7, 11) is -3.34. The summed E-state index contributed by atoms with van der Waals surface area (Å²) in [5, 5.41) is 3.07. The molecule has 0 saturated carbocycles. The van der Waals surface area contributed by atoms with Crippen molar-refractivity contribution in [3.8, 4) is 0 Å². The van der Waals surface area contributed by atoms with Crippen LogP contribution in [0.15, 0.2) is 35.4 Å². The zero-order valence-corrected chi connectivity index (χ0v) is 18.2. The lowest BCUT2D eigenvalue weighted by atomic mass is 10.2. The molecule has 1 aromatic carbocycles. The van der Waals surface area contributed by atoms with Crippen LogP contribution < -0.4 is 10.9 Å². The number of benzene rings is 1. The molecular formula is C19H21N5O4S2. The molecule has 9 nitrogen and oxygen atoms in total. The zero-order chi connectivity index (χ0) is 21.5. The van der Waals surface area contributed by atoms with Crippen LogP contribution in [-0.4, -0.2) is 45.0 Å². The van der Waals surface area contributed by atoms with Crippen molar-refractivity contribution in [2.75, 3.05) is 11.9 Å². The number of hydrogen-bond acceptors (Lipinski definition) is 7. The van der Waals surface area contributed by atoms with Gasteiger partial charge in [-0.1, -0.05) is 12.1 Å². The van der Waals surface area contributed by atoms with Gasteiger partial charge in [0.2, 0.25) is 15.9 Å². The van der Waals surface area contributed by atoms with Gasteiger partial charge in [0.05, 0.1) is 28.2 Å². The topological polar surface area (TPSA) is 114 Å². The number of rotatable bonds is 5. The highest BCUT2D eigenvalue weighted by molar-refractivity contribution is 7.89. The lowest BCUT2D eigenvalue weighted by molar-refractivity contribution is -0.116. The highest BCUT2D eigenvalue weighted by atomic mass is 32.2. The normalized spacial score (nSPS) is 14.8. The van der Waals surface area contributed by atoms with Crippen molar-refractivity contribution in [3.63, 3.8) is 0 Å². The molecule has 4 rings (SSSR count). The van der Waals surface area contributed by atoms with Gasteiger partial charge in [-0.2, -0.15) is 4.31 Å². The molecule has 1 N–H and O–H groups in total. The molecule has 11 heteroatoms. The van der Waals surface area contributed by atoms with Crippen LogP contribution in [0.1, 0.15) is 24.4 Å². The molecule has 2 aromatic heterocycles. The van der Waals surface area contributed by atoms with E-state index in [1.165, 1.54) is 26.5 Å². The SMILES string of the molecule is CC(C)S(=O)(=O)N1CCc2nc(NC(=O)Cn3cnc4ccccc4c3=O)sc2C1. The van der Waals surface area contributed by atoms with Gasteiger partial charge in [-0.15, -0.1) is 11.3 Å². The Bertz CT molecular complexity index is 1280. The van der Waals surface area contributed by atoms with Crippen LogP contribution >= 0.6 is 11.3 Å². The molecule has 1 aliphatic heterocycles. The largest absolute Gasteiger partial charge is 0.300 e. The van der Waals surface area contributed by atoms with E-state index >= 15 is 0 Å². The number of sulfonamides is 1. The highest BCUT2D eigenvalue weighted by Crippen LogP contribution is 2.30. The van der Waals surface area contributed by atoms with Crippen molar-refractivity contribution in [2.45, 2.75) is 38.6 Å². The second kappa shape index (κ2) is 7.89. The number of amides is 1. The number of nitrogens with zero attached hydrogens (tertiary/aromatic N) is 4. The number of aromatic nitrogens is 3. The molecule has 1 amide bonds. The summed E-state index contributed by atoms with van der Waals surface area (Å²) < 4.78 is 27.5. The summed E-state index contributed by atoms with van der Waals surface area (Å²) >= 11 is 1.26. The molecule has 3 aromatic rings. The molecule has 30 heavy (non-hydrogen) atoms. The molecule has 0 aliphatic carbocycles. The van der Waals surface area contributed by atoms with Crippen molar-refractivity contribution in [1.82, 2.24) is 18.8 Å². The molecule has 0 unspecified atom stereocenters. The maximum absolute atomic E-state index is 12.5. The Kier molecular flexibility index (Phi) is 5.43. The van der Waals surface area contributed by atoms with E-state index in [1.54, 1.807) is 38.1 Å². The van der Waals surface area contributed by atoms with Gasteiger partial charge in [0.25, 0.3) is 5.56 Å². The molecular weight excluding hydrogens is 426 g/mol. The van der Waals surface area contributed by atoms with Gasteiger partial charge in [-0.25, -0.2) is 18.4 Å². The number of anilines is 1. The summed E-state index contributed by atoms with van der Waals surface area (Å²) in [5.74, 6) is -0.396. The van der Waals surface area contributed by atoms with Crippen LogP contribution in [0.25, 0.3) is 10.9 Å². The molecule has 3 heterocycles. The van der Waals surface area contributed by atoms with Gasteiger partial charge >= 0.3 is 0 Å². The van der Waals surface area contributed by atoms with Gasteiger partial charge in [0, 0.05) is 24.4 Å². The van der Waals surface area contributed by atoms with E-state index in [-0.39, 0.29) is 18.6 Å². The lowest BCUT2D eigenvalue weighted by Gasteiger charge is -2.26. The summed E-state index contributed by atoms with van der Waals surface area (Å²) in [6.07, 6.45) is 1.85. The van der Waals surface area contributed by atoms with Crippen molar-refractivity contribution in [1.29, 1.82) is 0 Å². The standard InChI is InChI=1S/C19H21N5O4S2/c1-12(2)30(27,28)24-8-7-15-16(9-24)29-19(21-15)22-17(25)10-23-11-20-14-6-4-3-5-13(14)18(23)26/h3-6,11-12H,7-10H2,1-2H3,(H,21,22,25). The second-order valence-electron chi connectivity index (χ2n) is 7.31. The Morgan fingerprint density at radius 1 is 1.30 bits per heavy atom. The van der Waals surface area contributed by atoms with E-state index in [2.05, 4.69) is 15.3 Å². The first-order valence-corrected chi connectivity index (χ1v) is 11.8. The fourth-order valence-corrected chi connectivity index (χ4v) is 5.65. The number of thiazole rings is 1. The quantitative estimate of drug-likeness (QED) is 0.635. The number of nitrogens with one attached hydrogen (secondary N) is 1. The predicted octanol–water partition coefficient (Wildman–Crippen LogP) is 1.59. The van der Waals surface area contributed by atoms with Gasteiger partial charge in [0.1, 0.15) is 6.54 Å². The molecule has 0 saturated heterocycles. The van der Waals surface area contributed by atoms with Crippen molar-refractivity contribution in [3.05, 3.63) is 51.5 Å². The number of hydrogen-bond donors (Lipinski definition) is 1. The van der Waals surface area contributed by atoms with E-state index < -0.39 is 21.2 Å². The minimum atomic E-state index is -3.34. The second-order valence-corrected chi connectivity index (χ2v) is 10.9. The Morgan fingerprint density at radius 3 is 2.83 bits per heavy atom. The van der Waals surface area contributed by atoms with E-state index in [1.807, 2.05) is 0 Å². The Balaban J connectivity index is 1.48. The molecule has 0 radical (unpaired) electrons. The molecule has 158 valence electrons. The summed E-state index contributed by atoms with van der Waals surface area (Å²) in [4.78, 5) is 34.4. The third-order valence-electron chi connectivity index (χ3n) is 4.94. The molecule has 0 fully saturated rings. The van der Waals surface area contributed by atoms with Gasteiger partial charge in [0.15, 0.2) is 5.13 Å². The minimum absolute atomic E-state index is 0.186. The third kappa shape index (κ3) is 3.87. The van der Waals surface area contributed by atoms with E-state index in [9.17, 15) is 18.0 Å². The van der Waals surface area contributed by atoms with E-state index in [0.29, 0.717) is 29.0 Å². The van der Waals surface area contributed by atoms with E-state index in [0.717, 1.165) is 10.6 Å². The predicted molar refractivity (Wildman–Crippen MR) is 115 cm³/mol. The summed E-state index contributed by atoms with van der Waals surface area (Å²) in [5.41, 5.74) is 1.09. The highest BCUT2D eigenvalue weighted by Gasteiger charge is 2.31. The van der Waals surface area contributed by atoms with Crippen molar-refractivity contribution in [2.24, 2.45) is 0 Å². The first-order valence-electron chi connectivity index (χ1n) is 9.47. The summed E-state index contributed by atoms with van der Waals surface area (Å²) in [6, 6.07) is 6.96. The van der Waals surface area contributed by atoms with E-state index in [4.69, 9.17) is 0 Å². The van der Waals surface area contributed by atoms with Gasteiger partial charge in [-0.05, 0) is 26.0 Å². The number of para-hydroxylation sites is 1. The minimum Gasteiger partial charge on any atom is -0.300 e. The average Bonchev–Trinajstić information content (AvgIpc) is 3.11.